The predicted molar refractivity (Wildman–Crippen MR) is 65.7 cm³/mol. The second-order valence-electron chi connectivity index (χ2n) is 3.49. The minimum atomic E-state index is -1.03. The normalized spacial score (nSPS) is 11.9. The third kappa shape index (κ3) is 3.81. The summed E-state index contributed by atoms with van der Waals surface area (Å²) < 4.78 is 0.540. The first-order chi connectivity index (χ1) is 8.06. The Balaban J connectivity index is 2.77. The third-order valence-electron chi connectivity index (χ3n) is 2.15. The number of carboxylic acids is 1. The highest BCUT2D eigenvalue weighted by Crippen LogP contribution is 2.13. The Morgan fingerprint density at radius 1 is 1.59 bits per heavy atom. The molecule has 0 radical (unpaired) electrons. The summed E-state index contributed by atoms with van der Waals surface area (Å²) in [7, 11) is 0. The van der Waals surface area contributed by atoms with Gasteiger partial charge in [-0.25, -0.2) is 9.78 Å². The van der Waals surface area contributed by atoms with Crippen molar-refractivity contribution in [3.05, 3.63) is 28.5 Å². The molecule has 0 aromatic carbocycles. The molecule has 0 fully saturated rings. The average Bonchev–Trinajstić information content (AvgIpc) is 2.28. The lowest BCUT2D eigenvalue weighted by Gasteiger charge is -2.13. The van der Waals surface area contributed by atoms with Crippen molar-refractivity contribution in [3.63, 3.8) is 0 Å². The average molecular weight is 301 g/mol. The lowest BCUT2D eigenvalue weighted by atomic mass is 10.1. The number of hydrogen-bond acceptors (Lipinski definition) is 3. The highest BCUT2D eigenvalue weighted by molar-refractivity contribution is 9.10. The Labute approximate surface area is 107 Å². The lowest BCUT2D eigenvalue weighted by Crippen LogP contribution is -2.41. The first-order valence-electron chi connectivity index (χ1n) is 5.20. The maximum Gasteiger partial charge on any atom is 0.326 e. The van der Waals surface area contributed by atoms with Gasteiger partial charge in [0.15, 0.2) is 0 Å². The summed E-state index contributed by atoms with van der Waals surface area (Å²) >= 11 is 3.19. The molecular weight excluding hydrogens is 288 g/mol. The van der Waals surface area contributed by atoms with Crippen LogP contribution in [0.25, 0.3) is 0 Å². The van der Waals surface area contributed by atoms with Crippen LogP contribution < -0.4 is 5.32 Å². The summed E-state index contributed by atoms with van der Waals surface area (Å²) in [6.45, 7) is 1.86. The molecular formula is C11H13BrN2O3. The summed E-state index contributed by atoms with van der Waals surface area (Å²) in [5.41, 5.74) is 0.190. The van der Waals surface area contributed by atoms with Gasteiger partial charge < -0.3 is 10.4 Å². The molecule has 1 amide bonds. The Kier molecular flexibility index (Phi) is 5.09. The highest BCUT2D eigenvalue weighted by Gasteiger charge is 2.21. The summed E-state index contributed by atoms with van der Waals surface area (Å²) in [6.07, 6.45) is 2.56. The zero-order chi connectivity index (χ0) is 12.8. The van der Waals surface area contributed by atoms with Crippen LogP contribution in [0.15, 0.2) is 22.8 Å². The fraction of sp³-hybridized carbons (Fsp3) is 0.364. The van der Waals surface area contributed by atoms with E-state index in [2.05, 4.69) is 26.2 Å². The van der Waals surface area contributed by atoms with Crippen molar-refractivity contribution in [2.24, 2.45) is 0 Å². The minimum absolute atomic E-state index is 0.190. The zero-order valence-corrected chi connectivity index (χ0v) is 10.9. The Morgan fingerprint density at radius 2 is 2.29 bits per heavy atom. The Morgan fingerprint density at radius 3 is 2.82 bits per heavy atom. The van der Waals surface area contributed by atoms with Crippen molar-refractivity contribution in [2.45, 2.75) is 25.8 Å². The van der Waals surface area contributed by atoms with E-state index in [4.69, 9.17) is 5.11 Å². The van der Waals surface area contributed by atoms with Gasteiger partial charge in [0.25, 0.3) is 5.91 Å². The molecule has 1 heterocycles. The van der Waals surface area contributed by atoms with Crippen molar-refractivity contribution >= 4 is 27.8 Å². The van der Waals surface area contributed by atoms with E-state index < -0.39 is 17.9 Å². The van der Waals surface area contributed by atoms with Crippen molar-refractivity contribution in [2.75, 3.05) is 0 Å². The van der Waals surface area contributed by atoms with Crippen molar-refractivity contribution < 1.29 is 14.7 Å². The summed E-state index contributed by atoms with van der Waals surface area (Å²) in [5, 5.41) is 11.4. The summed E-state index contributed by atoms with van der Waals surface area (Å²) in [5.74, 6) is -1.52. The number of pyridine rings is 1. The van der Waals surface area contributed by atoms with Gasteiger partial charge in [0.2, 0.25) is 0 Å². The fourth-order valence-electron chi connectivity index (χ4n) is 1.33. The van der Waals surface area contributed by atoms with E-state index in [1.807, 2.05) is 6.92 Å². The molecule has 0 aliphatic carbocycles. The van der Waals surface area contributed by atoms with Gasteiger partial charge in [-0.3, -0.25) is 4.79 Å². The highest BCUT2D eigenvalue weighted by atomic mass is 79.9. The standard InChI is InChI=1S/C11H13BrN2O3/c1-2-4-8(11(16)17)14-10(15)9-7(12)5-3-6-13-9/h3,5-6,8H,2,4H2,1H3,(H,14,15)(H,16,17). The van der Waals surface area contributed by atoms with E-state index in [-0.39, 0.29) is 5.69 Å². The van der Waals surface area contributed by atoms with Gasteiger partial charge in [-0.2, -0.15) is 0 Å². The number of nitrogens with zero attached hydrogens (tertiary/aromatic N) is 1. The maximum absolute atomic E-state index is 11.8. The largest absolute Gasteiger partial charge is 0.480 e. The molecule has 1 aromatic heterocycles. The SMILES string of the molecule is CCCC(NC(=O)c1ncccc1Br)C(=O)O. The van der Waals surface area contributed by atoms with Crippen LogP contribution in [0.4, 0.5) is 0 Å². The molecule has 0 aliphatic rings. The second kappa shape index (κ2) is 6.34. The van der Waals surface area contributed by atoms with E-state index in [1.54, 1.807) is 12.1 Å². The smallest absolute Gasteiger partial charge is 0.326 e. The number of nitrogens with one attached hydrogen (secondary N) is 1. The first kappa shape index (κ1) is 13.6. The van der Waals surface area contributed by atoms with Crippen LogP contribution in [0, 0.1) is 0 Å². The van der Waals surface area contributed by atoms with Gasteiger partial charge in [0.1, 0.15) is 11.7 Å². The Hall–Kier alpha value is -1.43. The molecule has 1 atom stereocenters. The van der Waals surface area contributed by atoms with Crippen LogP contribution in [0.1, 0.15) is 30.3 Å². The molecule has 1 aromatic rings. The molecule has 92 valence electrons. The molecule has 0 aliphatic heterocycles. The fourth-order valence-corrected chi connectivity index (χ4v) is 1.76. The molecule has 0 saturated heterocycles. The van der Waals surface area contributed by atoms with Crippen molar-refractivity contribution in [1.29, 1.82) is 0 Å². The maximum atomic E-state index is 11.8. The molecule has 0 bridgehead atoms. The van der Waals surface area contributed by atoms with Crippen LogP contribution >= 0.6 is 15.9 Å². The monoisotopic (exact) mass is 300 g/mol. The zero-order valence-electron chi connectivity index (χ0n) is 9.31. The number of aromatic nitrogens is 1. The molecule has 6 heteroatoms. The third-order valence-corrected chi connectivity index (χ3v) is 2.79. The topological polar surface area (TPSA) is 79.3 Å². The Bertz CT molecular complexity index is 423. The molecule has 2 N–H and O–H groups in total. The van der Waals surface area contributed by atoms with Gasteiger partial charge in [0.05, 0.1) is 0 Å². The number of carbonyl (C=O) groups excluding carboxylic acids is 1. The van der Waals surface area contributed by atoms with Crippen LogP contribution in [0.3, 0.4) is 0 Å². The van der Waals surface area contributed by atoms with Gasteiger partial charge in [0, 0.05) is 10.7 Å². The predicted octanol–water partition coefficient (Wildman–Crippen LogP) is 1.83. The van der Waals surface area contributed by atoms with Crippen molar-refractivity contribution in [3.8, 4) is 0 Å². The molecule has 1 unspecified atom stereocenters. The summed E-state index contributed by atoms with van der Waals surface area (Å²) in [4.78, 5) is 26.6. The number of hydrogen-bond donors (Lipinski definition) is 2. The van der Waals surface area contributed by atoms with E-state index in [9.17, 15) is 9.59 Å². The molecule has 1 rings (SSSR count). The van der Waals surface area contributed by atoms with Gasteiger partial charge in [-0.05, 0) is 34.5 Å². The second-order valence-corrected chi connectivity index (χ2v) is 4.34. The van der Waals surface area contributed by atoms with Crippen LogP contribution in [-0.2, 0) is 4.79 Å². The first-order valence-corrected chi connectivity index (χ1v) is 5.99. The van der Waals surface area contributed by atoms with E-state index in [0.717, 1.165) is 0 Å². The number of carboxylic acid groups (broad SMARTS) is 1. The molecule has 5 nitrogen and oxygen atoms in total. The number of carbonyl (C=O) groups is 2. The van der Waals surface area contributed by atoms with E-state index >= 15 is 0 Å². The minimum Gasteiger partial charge on any atom is -0.480 e. The van der Waals surface area contributed by atoms with Gasteiger partial charge >= 0.3 is 5.97 Å². The number of amides is 1. The lowest BCUT2D eigenvalue weighted by molar-refractivity contribution is -0.139. The summed E-state index contributed by atoms with van der Waals surface area (Å²) in [6, 6.07) is 2.49. The van der Waals surface area contributed by atoms with E-state index in [0.29, 0.717) is 17.3 Å². The molecule has 17 heavy (non-hydrogen) atoms. The quantitative estimate of drug-likeness (QED) is 0.869. The molecule has 0 spiro atoms. The number of halogens is 1. The van der Waals surface area contributed by atoms with Crippen molar-refractivity contribution in [1.82, 2.24) is 10.3 Å². The number of rotatable bonds is 5. The van der Waals surface area contributed by atoms with Crippen LogP contribution in [0.2, 0.25) is 0 Å². The van der Waals surface area contributed by atoms with Gasteiger partial charge in [-0.15, -0.1) is 0 Å². The van der Waals surface area contributed by atoms with Crippen LogP contribution in [-0.4, -0.2) is 28.0 Å². The van der Waals surface area contributed by atoms with Gasteiger partial charge in [-0.1, -0.05) is 13.3 Å². The number of aliphatic carboxylic acids is 1. The van der Waals surface area contributed by atoms with E-state index in [1.165, 1.54) is 6.20 Å². The van der Waals surface area contributed by atoms with Crippen LogP contribution in [0.5, 0.6) is 0 Å². The molecule has 0 saturated carbocycles.